The van der Waals surface area contributed by atoms with Crippen LogP contribution < -0.4 is 0 Å². The first kappa shape index (κ1) is 13.8. The molecule has 2 aromatic carbocycles. The molecule has 0 fully saturated rings. The first-order valence-electron chi connectivity index (χ1n) is 6.13. The molecule has 0 saturated heterocycles. The fourth-order valence-electron chi connectivity index (χ4n) is 2.12. The highest BCUT2D eigenvalue weighted by Gasteiger charge is 2.11. The molecule has 2 aromatic rings. The zero-order valence-corrected chi connectivity index (χ0v) is 11.0. The number of carboxylic acids is 2. The summed E-state index contributed by atoms with van der Waals surface area (Å²) in [4.78, 5) is 22.1. The van der Waals surface area contributed by atoms with Gasteiger partial charge in [0.05, 0.1) is 11.1 Å². The van der Waals surface area contributed by atoms with Crippen LogP contribution in [0.25, 0.3) is 0 Å². The van der Waals surface area contributed by atoms with Gasteiger partial charge in [0.15, 0.2) is 0 Å². The summed E-state index contributed by atoms with van der Waals surface area (Å²) in [7, 11) is 0. The Balaban J connectivity index is 2.36. The highest BCUT2D eigenvalue weighted by atomic mass is 16.4. The van der Waals surface area contributed by atoms with Crippen molar-refractivity contribution in [2.45, 2.75) is 13.3 Å². The fourth-order valence-corrected chi connectivity index (χ4v) is 2.12. The molecule has 0 amide bonds. The molecule has 0 aromatic heterocycles. The van der Waals surface area contributed by atoms with Gasteiger partial charge in [0.25, 0.3) is 0 Å². The number of rotatable bonds is 4. The summed E-state index contributed by atoms with van der Waals surface area (Å²) in [6.45, 7) is 1.82. The van der Waals surface area contributed by atoms with E-state index in [4.69, 9.17) is 10.2 Å². The molecule has 2 N–H and O–H groups in total. The van der Waals surface area contributed by atoms with Crippen molar-refractivity contribution in [2.24, 2.45) is 0 Å². The van der Waals surface area contributed by atoms with Gasteiger partial charge in [-0.25, -0.2) is 9.59 Å². The van der Waals surface area contributed by atoms with Crippen LogP contribution in [0, 0.1) is 6.92 Å². The minimum absolute atomic E-state index is 0.234. The molecular formula is C16H14O4. The second-order valence-electron chi connectivity index (χ2n) is 4.59. The second-order valence-corrected chi connectivity index (χ2v) is 4.59. The van der Waals surface area contributed by atoms with Gasteiger partial charge in [-0.1, -0.05) is 24.3 Å². The van der Waals surface area contributed by atoms with Gasteiger partial charge in [0.2, 0.25) is 0 Å². The number of benzene rings is 2. The molecule has 0 unspecified atom stereocenters. The molecule has 0 atom stereocenters. The van der Waals surface area contributed by atoms with Crippen molar-refractivity contribution in [3.05, 3.63) is 70.3 Å². The zero-order chi connectivity index (χ0) is 14.7. The standard InChI is InChI=1S/C16H14O4/c1-10-8-13(15(17)18)7-6-11(10)9-12-4-2-3-5-14(12)16(19)20/h2-8H,9H2,1H3,(H,17,18)(H,19,20). The molecule has 0 bridgehead atoms. The van der Waals surface area contributed by atoms with Crippen LogP contribution in [0.3, 0.4) is 0 Å². The highest BCUT2D eigenvalue weighted by Crippen LogP contribution is 2.18. The molecule has 20 heavy (non-hydrogen) atoms. The smallest absolute Gasteiger partial charge is 0.335 e. The Labute approximate surface area is 116 Å². The van der Waals surface area contributed by atoms with E-state index in [1.54, 1.807) is 36.4 Å². The van der Waals surface area contributed by atoms with E-state index < -0.39 is 11.9 Å². The van der Waals surface area contributed by atoms with E-state index in [1.165, 1.54) is 6.07 Å². The van der Waals surface area contributed by atoms with Crippen molar-refractivity contribution >= 4 is 11.9 Å². The molecule has 0 heterocycles. The van der Waals surface area contributed by atoms with Crippen LogP contribution in [0.4, 0.5) is 0 Å². The van der Waals surface area contributed by atoms with Crippen molar-refractivity contribution < 1.29 is 19.8 Å². The second kappa shape index (κ2) is 5.57. The number of carboxylic acid groups (broad SMARTS) is 2. The van der Waals surface area contributed by atoms with Crippen molar-refractivity contribution in [3.8, 4) is 0 Å². The molecule has 0 spiro atoms. The van der Waals surface area contributed by atoms with Gasteiger partial charge in [-0.05, 0) is 48.2 Å². The Bertz CT molecular complexity index is 674. The molecule has 4 heteroatoms. The first-order chi connectivity index (χ1) is 9.49. The van der Waals surface area contributed by atoms with Crippen LogP contribution in [0.2, 0.25) is 0 Å². The predicted octanol–water partition coefficient (Wildman–Crippen LogP) is 2.98. The summed E-state index contributed by atoms with van der Waals surface area (Å²) in [5.41, 5.74) is 2.98. The van der Waals surface area contributed by atoms with E-state index in [2.05, 4.69) is 0 Å². The molecule has 0 aliphatic rings. The minimum Gasteiger partial charge on any atom is -0.478 e. The molecule has 0 saturated carbocycles. The molecule has 0 radical (unpaired) electrons. The quantitative estimate of drug-likeness (QED) is 0.895. The highest BCUT2D eigenvalue weighted by molar-refractivity contribution is 5.89. The number of carbonyl (C=O) groups is 2. The first-order valence-corrected chi connectivity index (χ1v) is 6.13. The lowest BCUT2D eigenvalue weighted by Gasteiger charge is -2.09. The number of aromatic carboxylic acids is 2. The zero-order valence-electron chi connectivity index (χ0n) is 11.0. The number of hydrogen-bond donors (Lipinski definition) is 2. The predicted molar refractivity (Wildman–Crippen MR) is 74.3 cm³/mol. The topological polar surface area (TPSA) is 74.6 Å². The van der Waals surface area contributed by atoms with E-state index in [-0.39, 0.29) is 11.1 Å². The van der Waals surface area contributed by atoms with Crippen LogP contribution in [0.15, 0.2) is 42.5 Å². The Morgan fingerprint density at radius 1 is 0.950 bits per heavy atom. The summed E-state index contributed by atoms with van der Waals surface area (Å²) < 4.78 is 0. The summed E-state index contributed by atoms with van der Waals surface area (Å²) in [5.74, 6) is -1.93. The van der Waals surface area contributed by atoms with Crippen LogP contribution in [-0.4, -0.2) is 22.2 Å². The Morgan fingerprint density at radius 3 is 2.25 bits per heavy atom. The van der Waals surface area contributed by atoms with E-state index in [1.807, 2.05) is 6.92 Å². The monoisotopic (exact) mass is 270 g/mol. The Morgan fingerprint density at radius 2 is 1.65 bits per heavy atom. The average Bonchev–Trinajstić information content (AvgIpc) is 2.41. The third-order valence-corrected chi connectivity index (χ3v) is 3.22. The normalized spacial score (nSPS) is 10.2. The maximum absolute atomic E-state index is 11.2. The van der Waals surface area contributed by atoms with Crippen LogP contribution in [0.5, 0.6) is 0 Å². The third kappa shape index (κ3) is 2.85. The summed E-state index contributed by atoms with van der Waals surface area (Å²) in [5, 5.41) is 18.1. The molecule has 0 aliphatic carbocycles. The van der Waals surface area contributed by atoms with E-state index >= 15 is 0 Å². The van der Waals surface area contributed by atoms with Gasteiger partial charge in [0, 0.05) is 0 Å². The summed E-state index contributed by atoms with van der Waals surface area (Å²) in [6.07, 6.45) is 0.466. The molecule has 102 valence electrons. The van der Waals surface area contributed by atoms with Crippen LogP contribution >= 0.6 is 0 Å². The van der Waals surface area contributed by atoms with Gasteiger partial charge in [-0.2, -0.15) is 0 Å². The SMILES string of the molecule is Cc1cc(C(=O)O)ccc1Cc1ccccc1C(=O)O. The van der Waals surface area contributed by atoms with Crippen molar-refractivity contribution in [1.82, 2.24) is 0 Å². The summed E-state index contributed by atoms with van der Waals surface area (Å²) in [6, 6.07) is 11.7. The van der Waals surface area contributed by atoms with E-state index in [0.29, 0.717) is 12.0 Å². The van der Waals surface area contributed by atoms with Crippen molar-refractivity contribution in [2.75, 3.05) is 0 Å². The van der Waals surface area contributed by atoms with Crippen LogP contribution in [-0.2, 0) is 6.42 Å². The lowest BCUT2D eigenvalue weighted by Crippen LogP contribution is -2.04. The van der Waals surface area contributed by atoms with Crippen molar-refractivity contribution in [3.63, 3.8) is 0 Å². The van der Waals surface area contributed by atoms with Crippen molar-refractivity contribution in [1.29, 1.82) is 0 Å². The molecule has 0 aliphatic heterocycles. The van der Waals surface area contributed by atoms with Gasteiger partial charge < -0.3 is 10.2 Å². The lowest BCUT2D eigenvalue weighted by molar-refractivity contribution is 0.0685. The maximum atomic E-state index is 11.2. The maximum Gasteiger partial charge on any atom is 0.335 e. The Kier molecular flexibility index (Phi) is 3.84. The molecule has 4 nitrogen and oxygen atoms in total. The third-order valence-electron chi connectivity index (χ3n) is 3.22. The lowest BCUT2D eigenvalue weighted by atomic mass is 9.96. The van der Waals surface area contributed by atoms with E-state index in [0.717, 1.165) is 11.1 Å². The van der Waals surface area contributed by atoms with Gasteiger partial charge >= 0.3 is 11.9 Å². The average molecular weight is 270 g/mol. The van der Waals surface area contributed by atoms with Gasteiger partial charge in [-0.3, -0.25) is 0 Å². The largest absolute Gasteiger partial charge is 0.478 e. The minimum atomic E-state index is -0.967. The number of aryl methyl sites for hydroxylation is 1. The Hall–Kier alpha value is -2.62. The van der Waals surface area contributed by atoms with Gasteiger partial charge in [0.1, 0.15) is 0 Å². The molecule has 2 rings (SSSR count). The fraction of sp³-hybridized carbons (Fsp3) is 0.125. The van der Waals surface area contributed by atoms with Crippen LogP contribution in [0.1, 0.15) is 37.4 Å². The summed E-state index contributed by atoms with van der Waals surface area (Å²) >= 11 is 0. The number of hydrogen-bond acceptors (Lipinski definition) is 2. The van der Waals surface area contributed by atoms with E-state index in [9.17, 15) is 9.59 Å². The van der Waals surface area contributed by atoms with Gasteiger partial charge in [-0.15, -0.1) is 0 Å². The molecular weight excluding hydrogens is 256 g/mol.